The van der Waals surface area contributed by atoms with Crippen LogP contribution >= 0.6 is 11.3 Å². The Labute approximate surface area is 312 Å². The smallest absolute Gasteiger partial charge is 0.407 e. The molecule has 3 aliphatic rings. The van der Waals surface area contributed by atoms with Crippen LogP contribution in [0, 0.1) is 18.8 Å². The lowest BCUT2D eigenvalue weighted by molar-refractivity contribution is 0.0522. The van der Waals surface area contributed by atoms with Gasteiger partial charge in [0.15, 0.2) is 5.69 Å². The van der Waals surface area contributed by atoms with Gasteiger partial charge in [-0.1, -0.05) is 18.6 Å². The van der Waals surface area contributed by atoms with Crippen molar-refractivity contribution in [2.75, 3.05) is 19.0 Å². The number of esters is 1. The Bertz CT molecular complexity index is 2100. The van der Waals surface area contributed by atoms with Crippen LogP contribution < -0.4 is 20.7 Å². The quantitative estimate of drug-likeness (QED) is 0.156. The van der Waals surface area contributed by atoms with Crippen LogP contribution in [0.15, 0.2) is 53.9 Å². The van der Waals surface area contributed by atoms with Crippen molar-refractivity contribution in [3.63, 3.8) is 0 Å². The highest BCUT2D eigenvalue weighted by atomic mass is 32.1. The summed E-state index contributed by atoms with van der Waals surface area (Å²) in [4.78, 5) is 58.9. The Morgan fingerprint density at radius 3 is 2.51 bits per heavy atom. The van der Waals surface area contributed by atoms with E-state index in [2.05, 4.69) is 27.0 Å². The molecular formula is C41H44N4O7S. The Morgan fingerprint density at radius 1 is 0.962 bits per heavy atom. The average Bonchev–Trinajstić information content (AvgIpc) is 3.86. The highest BCUT2D eigenvalue weighted by Crippen LogP contribution is 2.45. The van der Waals surface area contributed by atoms with Crippen molar-refractivity contribution in [1.82, 2.24) is 15.6 Å². The highest BCUT2D eigenvalue weighted by Gasteiger charge is 2.40. The fourth-order valence-corrected chi connectivity index (χ4v) is 8.68. The van der Waals surface area contributed by atoms with E-state index in [-0.39, 0.29) is 35.4 Å². The van der Waals surface area contributed by atoms with Crippen molar-refractivity contribution in [2.45, 2.75) is 78.0 Å². The first-order valence-electron chi connectivity index (χ1n) is 18.0. The van der Waals surface area contributed by atoms with E-state index in [0.29, 0.717) is 47.4 Å². The van der Waals surface area contributed by atoms with Gasteiger partial charge in [-0.2, -0.15) is 0 Å². The van der Waals surface area contributed by atoms with Gasteiger partial charge in [0.05, 0.1) is 13.7 Å². The zero-order valence-corrected chi connectivity index (χ0v) is 31.4. The van der Waals surface area contributed by atoms with E-state index >= 15 is 0 Å². The van der Waals surface area contributed by atoms with Crippen molar-refractivity contribution in [3.8, 4) is 27.3 Å². The van der Waals surface area contributed by atoms with Crippen LogP contribution in [0.5, 0.6) is 5.75 Å². The van der Waals surface area contributed by atoms with Gasteiger partial charge in [0, 0.05) is 51.8 Å². The number of fused-ring (bicyclic) bond motifs is 5. The average molecular weight is 737 g/mol. The normalized spacial score (nSPS) is 18.5. The number of nitrogens with zero attached hydrogens (tertiary/aromatic N) is 1. The molecule has 2 fully saturated rings. The second kappa shape index (κ2) is 14.7. The largest absolute Gasteiger partial charge is 0.493 e. The number of pyridine rings is 1. The Kier molecular flexibility index (Phi) is 9.99. The Morgan fingerprint density at radius 2 is 1.79 bits per heavy atom. The topological polar surface area (TPSA) is 145 Å². The van der Waals surface area contributed by atoms with E-state index in [0.717, 1.165) is 46.4 Å². The van der Waals surface area contributed by atoms with E-state index in [9.17, 15) is 19.2 Å². The van der Waals surface area contributed by atoms with Crippen molar-refractivity contribution < 1.29 is 33.4 Å². The summed E-state index contributed by atoms with van der Waals surface area (Å²) >= 11 is 1.57. The number of anilines is 1. The summed E-state index contributed by atoms with van der Waals surface area (Å²) in [5, 5.41) is 11.0. The van der Waals surface area contributed by atoms with E-state index in [1.165, 1.54) is 13.5 Å². The van der Waals surface area contributed by atoms with Crippen LogP contribution in [0.1, 0.15) is 94.5 Å². The molecule has 1 aliphatic heterocycles. The van der Waals surface area contributed by atoms with Gasteiger partial charge in [-0.05, 0) is 117 Å². The number of nitrogens with one attached hydrogen (secondary N) is 3. The molecule has 0 unspecified atom stereocenters. The number of rotatable bonds is 8. The third-order valence-electron chi connectivity index (χ3n) is 10.2. The molecule has 53 heavy (non-hydrogen) atoms. The molecule has 3 atom stereocenters. The summed E-state index contributed by atoms with van der Waals surface area (Å²) in [5.74, 6) is 0.212. The molecule has 4 aromatic rings. The van der Waals surface area contributed by atoms with Gasteiger partial charge in [-0.3, -0.25) is 9.59 Å². The Hall–Kier alpha value is -5.23. The van der Waals surface area contributed by atoms with E-state index in [4.69, 9.17) is 14.2 Å². The molecule has 2 aromatic carbocycles. The van der Waals surface area contributed by atoms with Crippen LogP contribution in [0.25, 0.3) is 21.6 Å². The second-order valence-corrected chi connectivity index (χ2v) is 16.0. The van der Waals surface area contributed by atoms with Crippen molar-refractivity contribution in [2.24, 2.45) is 11.8 Å². The lowest BCUT2D eigenvalue weighted by Gasteiger charge is -2.23. The number of hydrogen-bond donors (Lipinski definition) is 3. The number of carbonyl (C=O) groups is 4. The summed E-state index contributed by atoms with van der Waals surface area (Å²) in [6.07, 6.45) is 4.61. The predicted molar refractivity (Wildman–Crippen MR) is 202 cm³/mol. The SMILES string of the molecule is COC(=O)c1nc(C(=O)N[C@H]2C[C@@H]3CC[C@H]2C3)ccc1-c1cc2c(cc1C(=O)Nc1ccc(CNC(=O)OC(C)(C)C)cc1C)-c1sccc1CCO2. The summed E-state index contributed by atoms with van der Waals surface area (Å²) in [6, 6.07) is 14.5. The minimum atomic E-state index is -0.733. The van der Waals surface area contributed by atoms with Gasteiger partial charge < -0.3 is 30.2 Å². The van der Waals surface area contributed by atoms with Crippen LogP contribution in [0.4, 0.5) is 10.5 Å². The van der Waals surface area contributed by atoms with Gasteiger partial charge >= 0.3 is 12.1 Å². The number of methoxy groups -OCH3 is 1. The van der Waals surface area contributed by atoms with Gasteiger partial charge in [0.2, 0.25) is 0 Å². The van der Waals surface area contributed by atoms with Crippen molar-refractivity contribution >= 4 is 40.9 Å². The molecule has 0 spiro atoms. The van der Waals surface area contributed by atoms with Gasteiger partial charge in [0.25, 0.3) is 11.8 Å². The van der Waals surface area contributed by atoms with Crippen LogP contribution in [0.3, 0.4) is 0 Å². The molecule has 3 N–H and O–H groups in total. The molecular weight excluding hydrogens is 693 g/mol. The lowest BCUT2D eigenvalue weighted by Crippen LogP contribution is -2.39. The number of thiophene rings is 1. The number of hydrogen-bond acceptors (Lipinski definition) is 9. The molecule has 2 aromatic heterocycles. The molecule has 11 nitrogen and oxygen atoms in total. The molecule has 2 saturated carbocycles. The monoisotopic (exact) mass is 736 g/mol. The summed E-state index contributed by atoms with van der Waals surface area (Å²) in [6.45, 7) is 7.97. The molecule has 3 heterocycles. The summed E-state index contributed by atoms with van der Waals surface area (Å²) in [5.41, 5.74) is 4.53. The molecule has 2 aliphatic carbocycles. The van der Waals surface area contributed by atoms with E-state index in [1.54, 1.807) is 62.4 Å². The standard InChI is InChI=1S/C41H44N4O7S/c1-22-16-24(21-42-40(49)52-41(2,3)4)7-10-31(22)44-37(46)29-19-30-34(51-14-12-25-13-15-53-36(25)30)20-28(29)27-9-11-32(43-35(27)39(48)50-5)38(47)45-33-18-23-6-8-26(33)17-23/h7,9-11,13,15-16,19-20,23,26,33H,6,8,12,14,17-18,21H2,1-5H3,(H,42,49)(H,44,46)(H,45,47)/t23-,26+,33+/m1/s1. The zero-order chi connectivity index (χ0) is 37.4. The fraction of sp³-hybridized carbons (Fsp3) is 0.390. The zero-order valence-electron chi connectivity index (χ0n) is 30.6. The first-order valence-corrected chi connectivity index (χ1v) is 18.9. The third-order valence-corrected chi connectivity index (χ3v) is 11.2. The van der Waals surface area contributed by atoms with Crippen LogP contribution in [-0.4, -0.2) is 54.2 Å². The molecule has 0 saturated heterocycles. The first-order chi connectivity index (χ1) is 25.4. The third kappa shape index (κ3) is 7.78. The fourth-order valence-electron chi connectivity index (χ4n) is 7.70. The second-order valence-electron chi connectivity index (χ2n) is 15.1. The molecule has 7 rings (SSSR count). The molecule has 3 amide bonds. The van der Waals surface area contributed by atoms with Gasteiger partial charge in [0.1, 0.15) is 17.0 Å². The van der Waals surface area contributed by atoms with Gasteiger partial charge in [-0.15, -0.1) is 11.3 Å². The number of carbonyl (C=O) groups excluding carboxylic acids is 4. The highest BCUT2D eigenvalue weighted by molar-refractivity contribution is 7.13. The van der Waals surface area contributed by atoms with Crippen LogP contribution in [-0.2, 0) is 22.4 Å². The maximum absolute atomic E-state index is 14.4. The molecule has 0 radical (unpaired) electrons. The number of alkyl carbamates (subject to hydrolysis) is 1. The molecule has 12 heteroatoms. The van der Waals surface area contributed by atoms with Crippen molar-refractivity contribution in [3.05, 3.63) is 87.6 Å². The molecule has 2 bridgehead atoms. The predicted octanol–water partition coefficient (Wildman–Crippen LogP) is 7.70. The minimum Gasteiger partial charge on any atom is -0.493 e. The van der Waals surface area contributed by atoms with E-state index in [1.807, 2.05) is 24.4 Å². The molecule has 276 valence electrons. The minimum absolute atomic E-state index is 0.0782. The van der Waals surface area contributed by atoms with Crippen molar-refractivity contribution in [1.29, 1.82) is 0 Å². The number of amides is 3. The number of benzene rings is 2. The number of ether oxygens (including phenoxy) is 3. The maximum atomic E-state index is 14.4. The maximum Gasteiger partial charge on any atom is 0.407 e. The number of aryl methyl sites for hydroxylation is 1. The number of aromatic nitrogens is 1. The van der Waals surface area contributed by atoms with Gasteiger partial charge in [-0.25, -0.2) is 14.6 Å². The van der Waals surface area contributed by atoms with Crippen LogP contribution in [0.2, 0.25) is 0 Å². The summed E-state index contributed by atoms with van der Waals surface area (Å²) in [7, 11) is 1.26. The lowest BCUT2D eigenvalue weighted by atomic mass is 9.93. The van der Waals surface area contributed by atoms with E-state index < -0.39 is 23.6 Å². The first kappa shape index (κ1) is 36.1. The Balaban J connectivity index is 1.22. The summed E-state index contributed by atoms with van der Waals surface area (Å²) < 4.78 is 16.7.